The predicted molar refractivity (Wildman–Crippen MR) is 88.0 cm³/mol. The lowest BCUT2D eigenvalue weighted by molar-refractivity contribution is -0.141. The van der Waals surface area contributed by atoms with Crippen molar-refractivity contribution in [3.63, 3.8) is 0 Å². The van der Waals surface area contributed by atoms with Gasteiger partial charge in [0.1, 0.15) is 5.76 Å². The molecule has 130 valence electrons. The summed E-state index contributed by atoms with van der Waals surface area (Å²) in [4.78, 5) is 23.7. The van der Waals surface area contributed by atoms with Gasteiger partial charge >= 0.3 is 5.97 Å². The van der Waals surface area contributed by atoms with Gasteiger partial charge in [0.2, 0.25) is 5.76 Å². The van der Waals surface area contributed by atoms with Crippen LogP contribution in [0.2, 0.25) is 0 Å². The molecule has 5 nitrogen and oxygen atoms in total. The molecule has 0 spiro atoms. The average molecular weight is 350 g/mol. The first-order chi connectivity index (χ1) is 11.4. The average Bonchev–Trinajstić information content (AvgIpc) is 2.94. The third-order valence-corrected chi connectivity index (χ3v) is 7.29. The SMILES string of the molecule is O=C(O)c1ccc(CS(=O)CC(=O)C23CC4CC(CC(C4)C2)C3)o1. The van der Waals surface area contributed by atoms with E-state index in [1.807, 2.05) is 0 Å². The van der Waals surface area contributed by atoms with Crippen molar-refractivity contribution in [3.05, 3.63) is 23.7 Å². The van der Waals surface area contributed by atoms with E-state index in [0.717, 1.165) is 19.3 Å². The van der Waals surface area contributed by atoms with Crippen molar-refractivity contribution >= 4 is 22.6 Å². The standard InChI is InChI=1S/C18H22O5S/c19-16(10-24(22)9-14-1-2-15(23-14)17(20)21)18-6-11-3-12(7-18)5-13(4-11)8-18/h1-2,11-13H,3-10H2,(H,20,21). The highest BCUT2D eigenvalue weighted by Crippen LogP contribution is 2.60. The smallest absolute Gasteiger partial charge is 0.371 e. The summed E-state index contributed by atoms with van der Waals surface area (Å²) in [5.74, 6) is 1.46. The fourth-order valence-corrected chi connectivity index (χ4v) is 6.70. The molecule has 0 saturated heterocycles. The number of aromatic carboxylic acids is 1. The first-order valence-electron chi connectivity index (χ1n) is 8.64. The van der Waals surface area contributed by atoms with E-state index in [2.05, 4.69) is 0 Å². The fourth-order valence-electron chi connectivity index (χ4n) is 5.53. The fraction of sp³-hybridized carbons (Fsp3) is 0.667. The van der Waals surface area contributed by atoms with Gasteiger partial charge in [-0.3, -0.25) is 9.00 Å². The van der Waals surface area contributed by atoms with E-state index < -0.39 is 16.8 Å². The molecule has 4 fully saturated rings. The van der Waals surface area contributed by atoms with Gasteiger partial charge in [-0.15, -0.1) is 0 Å². The first-order valence-corrected chi connectivity index (χ1v) is 10.1. The molecule has 1 unspecified atom stereocenters. The number of Topliss-reactive ketones (excluding diaryl/α,β-unsaturated/α-hetero) is 1. The minimum atomic E-state index is -1.35. The zero-order chi connectivity index (χ0) is 16.9. The van der Waals surface area contributed by atoms with Crippen LogP contribution in [0, 0.1) is 23.2 Å². The normalized spacial score (nSPS) is 35.1. The minimum Gasteiger partial charge on any atom is -0.475 e. The van der Waals surface area contributed by atoms with E-state index in [0.29, 0.717) is 23.5 Å². The summed E-state index contributed by atoms with van der Waals surface area (Å²) in [6.07, 6.45) is 6.79. The van der Waals surface area contributed by atoms with Crippen molar-refractivity contribution in [1.82, 2.24) is 0 Å². The highest BCUT2D eigenvalue weighted by atomic mass is 32.2. The Morgan fingerprint density at radius 1 is 1.12 bits per heavy atom. The van der Waals surface area contributed by atoms with Crippen molar-refractivity contribution in [2.75, 3.05) is 5.75 Å². The molecule has 1 heterocycles. The zero-order valence-corrected chi connectivity index (χ0v) is 14.3. The van der Waals surface area contributed by atoms with Crippen LogP contribution in [0.5, 0.6) is 0 Å². The van der Waals surface area contributed by atoms with Crippen LogP contribution in [-0.4, -0.2) is 26.8 Å². The molecule has 4 aliphatic rings. The number of furan rings is 1. The third kappa shape index (κ3) is 2.85. The Morgan fingerprint density at radius 3 is 2.21 bits per heavy atom. The number of hydrogen-bond donors (Lipinski definition) is 1. The summed E-state index contributed by atoms with van der Waals surface area (Å²) >= 11 is 0. The van der Waals surface area contributed by atoms with Crippen molar-refractivity contribution in [3.8, 4) is 0 Å². The van der Waals surface area contributed by atoms with E-state index in [4.69, 9.17) is 9.52 Å². The van der Waals surface area contributed by atoms with Gasteiger partial charge in [0.15, 0.2) is 5.78 Å². The van der Waals surface area contributed by atoms with Crippen molar-refractivity contribution < 1.29 is 23.3 Å². The molecule has 1 aromatic rings. The summed E-state index contributed by atoms with van der Waals surface area (Å²) in [6.45, 7) is 0. The van der Waals surface area contributed by atoms with Gasteiger partial charge in [0.25, 0.3) is 0 Å². The number of carboxylic acids is 1. The van der Waals surface area contributed by atoms with Crippen LogP contribution in [0.4, 0.5) is 0 Å². The largest absolute Gasteiger partial charge is 0.475 e. The van der Waals surface area contributed by atoms with Gasteiger partial charge < -0.3 is 9.52 Å². The number of carbonyl (C=O) groups is 2. The predicted octanol–water partition coefficient (Wildman–Crippen LogP) is 3.01. The molecule has 24 heavy (non-hydrogen) atoms. The number of rotatable bonds is 6. The highest BCUT2D eigenvalue weighted by molar-refractivity contribution is 7.84. The number of ketones is 1. The van der Waals surface area contributed by atoms with Crippen LogP contribution in [-0.2, 0) is 21.3 Å². The Morgan fingerprint density at radius 2 is 1.71 bits per heavy atom. The van der Waals surface area contributed by atoms with E-state index >= 15 is 0 Å². The first kappa shape index (κ1) is 16.1. The van der Waals surface area contributed by atoms with Gasteiger partial charge in [-0.25, -0.2) is 4.79 Å². The molecule has 0 aliphatic heterocycles. The summed E-state index contributed by atoms with van der Waals surface area (Å²) in [6, 6.07) is 2.88. The molecule has 5 rings (SSSR count). The molecule has 1 N–H and O–H groups in total. The second-order valence-corrected chi connectivity index (χ2v) is 9.38. The monoisotopic (exact) mass is 350 g/mol. The summed E-state index contributed by atoms with van der Waals surface area (Å²) in [5, 5.41) is 8.85. The second kappa shape index (κ2) is 5.83. The lowest BCUT2D eigenvalue weighted by atomic mass is 9.48. The molecule has 0 radical (unpaired) electrons. The van der Waals surface area contributed by atoms with E-state index in [1.165, 1.54) is 31.4 Å². The van der Waals surface area contributed by atoms with E-state index in [9.17, 15) is 13.8 Å². The summed E-state index contributed by atoms with van der Waals surface area (Å²) in [7, 11) is -1.35. The quantitative estimate of drug-likeness (QED) is 0.852. The van der Waals surface area contributed by atoms with Gasteiger partial charge in [-0.05, 0) is 68.4 Å². The van der Waals surface area contributed by atoms with E-state index in [1.54, 1.807) is 0 Å². The molecule has 1 atom stereocenters. The molecule has 4 saturated carbocycles. The zero-order valence-electron chi connectivity index (χ0n) is 13.5. The molecule has 6 heteroatoms. The lowest BCUT2D eigenvalue weighted by Crippen LogP contribution is -2.51. The Labute approximate surface area is 143 Å². The maximum absolute atomic E-state index is 12.9. The summed E-state index contributed by atoms with van der Waals surface area (Å²) < 4.78 is 17.5. The highest BCUT2D eigenvalue weighted by Gasteiger charge is 2.54. The maximum Gasteiger partial charge on any atom is 0.371 e. The Hall–Kier alpha value is -1.43. The molecule has 4 aliphatic carbocycles. The second-order valence-electron chi connectivity index (χ2n) is 7.92. The molecule has 0 aromatic carbocycles. The molecule has 4 bridgehead atoms. The molecule has 1 aromatic heterocycles. The van der Waals surface area contributed by atoms with Gasteiger partial charge in [0, 0.05) is 16.2 Å². The van der Waals surface area contributed by atoms with Crippen molar-refractivity contribution in [1.29, 1.82) is 0 Å². The van der Waals surface area contributed by atoms with Crippen LogP contribution >= 0.6 is 0 Å². The van der Waals surface area contributed by atoms with Crippen molar-refractivity contribution in [2.45, 2.75) is 44.3 Å². The minimum absolute atomic E-state index is 0.0647. The van der Waals surface area contributed by atoms with Crippen LogP contribution in [0.1, 0.15) is 54.8 Å². The van der Waals surface area contributed by atoms with E-state index in [-0.39, 0.29) is 28.5 Å². The molecular formula is C18H22O5S. The van der Waals surface area contributed by atoms with Crippen LogP contribution in [0.15, 0.2) is 16.5 Å². The van der Waals surface area contributed by atoms with Gasteiger partial charge in [-0.1, -0.05) is 0 Å². The van der Waals surface area contributed by atoms with Gasteiger partial charge in [-0.2, -0.15) is 0 Å². The summed E-state index contributed by atoms with van der Waals surface area (Å²) in [5.41, 5.74) is -0.222. The van der Waals surface area contributed by atoms with Crippen LogP contribution in [0.25, 0.3) is 0 Å². The van der Waals surface area contributed by atoms with Crippen LogP contribution < -0.4 is 0 Å². The molecular weight excluding hydrogens is 328 g/mol. The number of carboxylic acid groups (broad SMARTS) is 1. The Kier molecular flexibility index (Phi) is 3.90. The number of carbonyl (C=O) groups excluding carboxylic acids is 1. The number of hydrogen-bond acceptors (Lipinski definition) is 4. The molecule has 0 amide bonds. The Bertz CT molecular complexity index is 669. The van der Waals surface area contributed by atoms with Crippen molar-refractivity contribution in [2.24, 2.45) is 23.2 Å². The maximum atomic E-state index is 12.9. The topological polar surface area (TPSA) is 84.6 Å². The van der Waals surface area contributed by atoms with Gasteiger partial charge in [0.05, 0.1) is 11.5 Å². The van der Waals surface area contributed by atoms with Crippen LogP contribution in [0.3, 0.4) is 0 Å². The Balaban J connectivity index is 1.40. The lowest BCUT2D eigenvalue weighted by Gasteiger charge is -2.55. The third-order valence-electron chi connectivity index (χ3n) is 6.10.